The Morgan fingerprint density at radius 2 is 1.95 bits per heavy atom. The molecule has 4 nitrogen and oxygen atoms in total. The molecular formula is C18H28N2O2. The van der Waals surface area contributed by atoms with E-state index in [0.717, 1.165) is 37.2 Å². The summed E-state index contributed by atoms with van der Waals surface area (Å²) in [7, 11) is 3.67. The Balaban J connectivity index is 2.04. The molecule has 1 aliphatic rings. The van der Waals surface area contributed by atoms with E-state index in [1.165, 1.54) is 0 Å². The van der Waals surface area contributed by atoms with Gasteiger partial charge in [-0.15, -0.1) is 0 Å². The van der Waals surface area contributed by atoms with Crippen LogP contribution in [0.15, 0.2) is 24.3 Å². The summed E-state index contributed by atoms with van der Waals surface area (Å²) in [6.07, 6.45) is 2.77. The molecule has 1 amide bonds. The Morgan fingerprint density at radius 3 is 2.55 bits per heavy atom. The van der Waals surface area contributed by atoms with Gasteiger partial charge < -0.3 is 15.0 Å². The summed E-state index contributed by atoms with van der Waals surface area (Å²) in [4.78, 5) is 14.9. The molecule has 2 rings (SSSR count). The van der Waals surface area contributed by atoms with Crippen LogP contribution in [0, 0.1) is 5.41 Å². The summed E-state index contributed by atoms with van der Waals surface area (Å²) in [5, 5.41) is 3.30. The van der Waals surface area contributed by atoms with Crippen LogP contribution in [-0.4, -0.2) is 44.1 Å². The Hall–Kier alpha value is -1.55. The molecule has 0 saturated carbocycles. The molecule has 1 saturated heterocycles. The minimum Gasteiger partial charge on any atom is -0.496 e. The quantitative estimate of drug-likeness (QED) is 0.908. The van der Waals surface area contributed by atoms with E-state index in [0.29, 0.717) is 12.5 Å². The number of para-hydroxylation sites is 1. The van der Waals surface area contributed by atoms with E-state index >= 15 is 0 Å². The first-order valence-corrected chi connectivity index (χ1v) is 8.06. The zero-order valence-corrected chi connectivity index (χ0v) is 14.2. The number of piperidine rings is 1. The zero-order valence-electron chi connectivity index (χ0n) is 14.2. The third-order valence-electron chi connectivity index (χ3n) is 4.59. The van der Waals surface area contributed by atoms with Crippen molar-refractivity contribution in [3.8, 4) is 5.75 Å². The van der Waals surface area contributed by atoms with Crippen LogP contribution < -0.4 is 10.1 Å². The maximum Gasteiger partial charge on any atom is 0.228 e. The van der Waals surface area contributed by atoms with Crippen LogP contribution in [-0.2, 0) is 11.2 Å². The van der Waals surface area contributed by atoms with Gasteiger partial charge in [-0.3, -0.25) is 4.79 Å². The van der Waals surface area contributed by atoms with Gasteiger partial charge in [0.25, 0.3) is 0 Å². The van der Waals surface area contributed by atoms with Gasteiger partial charge in [-0.1, -0.05) is 32.0 Å². The van der Waals surface area contributed by atoms with Crippen molar-refractivity contribution in [3.63, 3.8) is 0 Å². The third-order valence-corrected chi connectivity index (χ3v) is 4.59. The number of amides is 1. The summed E-state index contributed by atoms with van der Waals surface area (Å²) < 4.78 is 5.41. The summed E-state index contributed by atoms with van der Waals surface area (Å²) in [6, 6.07) is 8.49. The Kier molecular flexibility index (Phi) is 5.46. The fraction of sp³-hybridized carbons (Fsp3) is 0.611. The molecule has 0 bridgehead atoms. The molecule has 0 atom stereocenters. The molecule has 0 spiro atoms. The molecule has 0 aliphatic carbocycles. The fourth-order valence-corrected chi connectivity index (χ4v) is 3.20. The summed E-state index contributed by atoms with van der Waals surface area (Å²) in [6.45, 7) is 5.76. The lowest BCUT2D eigenvalue weighted by Gasteiger charge is -2.37. The number of ether oxygens (including phenoxy) is 1. The highest BCUT2D eigenvalue weighted by Gasteiger charge is 2.34. The lowest BCUT2D eigenvalue weighted by molar-refractivity contribution is -0.141. The molecule has 4 heteroatoms. The second kappa shape index (κ2) is 7.14. The number of hydrogen-bond donors (Lipinski definition) is 1. The van der Waals surface area contributed by atoms with Crippen molar-refractivity contribution in [3.05, 3.63) is 29.8 Å². The van der Waals surface area contributed by atoms with Crippen LogP contribution in [0.25, 0.3) is 0 Å². The Labute approximate surface area is 133 Å². The summed E-state index contributed by atoms with van der Waals surface area (Å²) >= 11 is 0. The van der Waals surface area contributed by atoms with Gasteiger partial charge in [0.15, 0.2) is 0 Å². The van der Waals surface area contributed by atoms with Gasteiger partial charge in [-0.05, 0) is 37.9 Å². The van der Waals surface area contributed by atoms with E-state index in [4.69, 9.17) is 4.74 Å². The van der Waals surface area contributed by atoms with Crippen LogP contribution in [0.1, 0.15) is 32.3 Å². The number of rotatable bonds is 5. The lowest BCUT2D eigenvalue weighted by Crippen LogP contribution is -2.48. The SMILES string of the molecule is CNC1CCN(C(=O)C(C)(C)Cc2ccccc2OC)CC1. The number of carbonyl (C=O) groups is 1. The topological polar surface area (TPSA) is 41.6 Å². The molecule has 1 fully saturated rings. The molecule has 0 unspecified atom stereocenters. The van der Waals surface area contributed by atoms with Gasteiger partial charge in [-0.25, -0.2) is 0 Å². The van der Waals surface area contributed by atoms with Gasteiger partial charge in [0.1, 0.15) is 5.75 Å². The minimum absolute atomic E-state index is 0.243. The molecule has 1 aromatic rings. The molecule has 1 heterocycles. The molecule has 0 radical (unpaired) electrons. The van der Waals surface area contributed by atoms with Gasteiger partial charge in [-0.2, -0.15) is 0 Å². The third kappa shape index (κ3) is 3.80. The predicted molar refractivity (Wildman–Crippen MR) is 89.1 cm³/mol. The number of likely N-dealkylation sites (tertiary alicyclic amines) is 1. The van der Waals surface area contributed by atoms with Crippen LogP contribution in [0.5, 0.6) is 5.75 Å². The van der Waals surface area contributed by atoms with Crippen LogP contribution in [0.2, 0.25) is 0 Å². The molecule has 1 aliphatic heterocycles. The highest BCUT2D eigenvalue weighted by Crippen LogP contribution is 2.30. The van der Waals surface area contributed by atoms with Gasteiger partial charge in [0.2, 0.25) is 5.91 Å². The first-order valence-electron chi connectivity index (χ1n) is 8.06. The van der Waals surface area contributed by atoms with Crippen molar-refractivity contribution in [2.45, 2.75) is 39.2 Å². The summed E-state index contributed by atoms with van der Waals surface area (Å²) in [5.74, 6) is 1.10. The lowest BCUT2D eigenvalue weighted by atomic mass is 9.83. The van der Waals surface area contributed by atoms with Gasteiger partial charge >= 0.3 is 0 Å². The van der Waals surface area contributed by atoms with Crippen molar-refractivity contribution >= 4 is 5.91 Å². The summed E-state index contributed by atoms with van der Waals surface area (Å²) in [5.41, 5.74) is 0.676. The molecule has 22 heavy (non-hydrogen) atoms. The molecule has 1 N–H and O–H groups in total. The van der Waals surface area contributed by atoms with Crippen molar-refractivity contribution in [2.75, 3.05) is 27.2 Å². The molecule has 0 aromatic heterocycles. The van der Waals surface area contributed by atoms with Crippen LogP contribution in [0.3, 0.4) is 0 Å². The number of methoxy groups -OCH3 is 1. The van der Waals surface area contributed by atoms with Gasteiger partial charge in [0, 0.05) is 24.5 Å². The number of hydrogen-bond acceptors (Lipinski definition) is 3. The molecule has 1 aromatic carbocycles. The van der Waals surface area contributed by atoms with E-state index in [1.807, 2.05) is 50.1 Å². The Bertz CT molecular complexity index is 506. The smallest absolute Gasteiger partial charge is 0.228 e. The number of nitrogens with zero attached hydrogens (tertiary/aromatic N) is 1. The van der Waals surface area contributed by atoms with E-state index in [2.05, 4.69) is 5.32 Å². The number of nitrogens with one attached hydrogen (secondary N) is 1. The second-order valence-electron chi connectivity index (χ2n) is 6.73. The van der Waals surface area contributed by atoms with E-state index in [9.17, 15) is 4.79 Å². The number of benzene rings is 1. The largest absolute Gasteiger partial charge is 0.496 e. The predicted octanol–water partition coefficient (Wildman–Crippen LogP) is 2.47. The molecular weight excluding hydrogens is 276 g/mol. The van der Waals surface area contributed by atoms with E-state index < -0.39 is 5.41 Å². The highest BCUT2D eigenvalue weighted by atomic mass is 16.5. The van der Waals surface area contributed by atoms with Crippen molar-refractivity contribution < 1.29 is 9.53 Å². The average Bonchev–Trinajstić information content (AvgIpc) is 2.54. The van der Waals surface area contributed by atoms with Gasteiger partial charge in [0.05, 0.1) is 7.11 Å². The monoisotopic (exact) mass is 304 g/mol. The normalized spacial score (nSPS) is 16.6. The maximum absolute atomic E-state index is 12.9. The fourth-order valence-electron chi connectivity index (χ4n) is 3.20. The highest BCUT2D eigenvalue weighted by molar-refractivity contribution is 5.82. The van der Waals surface area contributed by atoms with Crippen molar-refractivity contribution in [1.29, 1.82) is 0 Å². The van der Waals surface area contributed by atoms with E-state index in [1.54, 1.807) is 7.11 Å². The standard InChI is InChI=1S/C18H28N2O2/c1-18(2,13-14-7-5-6-8-16(14)22-4)17(21)20-11-9-15(19-3)10-12-20/h5-8,15,19H,9-13H2,1-4H3. The first-order chi connectivity index (χ1) is 10.5. The minimum atomic E-state index is -0.416. The average molecular weight is 304 g/mol. The van der Waals surface area contributed by atoms with Crippen molar-refractivity contribution in [1.82, 2.24) is 10.2 Å². The maximum atomic E-state index is 12.9. The second-order valence-corrected chi connectivity index (χ2v) is 6.73. The molecule has 122 valence electrons. The van der Waals surface area contributed by atoms with Crippen molar-refractivity contribution in [2.24, 2.45) is 5.41 Å². The Morgan fingerprint density at radius 1 is 1.32 bits per heavy atom. The van der Waals surface area contributed by atoms with Crippen LogP contribution in [0.4, 0.5) is 0 Å². The van der Waals surface area contributed by atoms with E-state index in [-0.39, 0.29) is 5.91 Å². The number of carbonyl (C=O) groups excluding carboxylic acids is 1. The van der Waals surface area contributed by atoms with Crippen LogP contribution >= 0.6 is 0 Å². The first kappa shape index (κ1) is 16.8. The zero-order chi connectivity index (χ0) is 16.2.